The Morgan fingerprint density at radius 2 is 1.88 bits per heavy atom. The first kappa shape index (κ1) is 18.3. The van der Waals surface area contributed by atoms with Crippen LogP contribution >= 0.6 is 23.2 Å². The number of nitrogens with zero attached hydrogens (tertiary/aromatic N) is 1. The van der Waals surface area contributed by atoms with Crippen molar-refractivity contribution in [1.29, 1.82) is 0 Å². The van der Waals surface area contributed by atoms with Crippen LogP contribution < -0.4 is 9.47 Å². The highest BCUT2D eigenvalue weighted by molar-refractivity contribution is 6.35. The van der Waals surface area contributed by atoms with Crippen molar-refractivity contribution in [3.8, 4) is 11.5 Å². The second kappa shape index (κ2) is 7.02. The third-order valence-electron chi connectivity index (χ3n) is 4.43. The van der Waals surface area contributed by atoms with E-state index < -0.39 is 0 Å². The number of benzene rings is 1. The Kier molecular flexibility index (Phi) is 5.14. The number of halogens is 2. The molecule has 134 valence electrons. The second-order valence-electron chi connectivity index (χ2n) is 6.71. The zero-order chi connectivity index (χ0) is 18.2. The van der Waals surface area contributed by atoms with Gasteiger partial charge in [-0.2, -0.15) is 0 Å². The Morgan fingerprint density at radius 3 is 2.48 bits per heavy atom. The maximum absolute atomic E-state index is 6.28. The van der Waals surface area contributed by atoms with E-state index in [2.05, 4.69) is 18.8 Å². The van der Waals surface area contributed by atoms with Crippen LogP contribution in [-0.4, -0.2) is 24.8 Å². The molecule has 25 heavy (non-hydrogen) atoms. The van der Waals surface area contributed by atoms with Crippen molar-refractivity contribution in [3.05, 3.63) is 51.3 Å². The summed E-state index contributed by atoms with van der Waals surface area (Å²) < 4.78 is 17.3. The van der Waals surface area contributed by atoms with E-state index in [-0.39, 0.29) is 11.7 Å². The summed E-state index contributed by atoms with van der Waals surface area (Å²) in [5.74, 6) is 1.53. The second-order valence-corrected chi connectivity index (χ2v) is 7.53. The summed E-state index contributed by atoms with van der Waals surface area (Å²) in [7, 11) is 3.33. The molecule has 1 atom stereocenters. The standard InChI is InChI=1S/C19H21Cl2NO3/c1-19(2)8-13-11(5-6-16(23-3)18(13)25-19)17(24-4)7-12-14(20)9-22-10-15(12)21/h5-6,9-10,17H,7-8H2,1-4H3. The number of methoxy groups -OCH3 is 2. The monoisotopic (exact) mass is 381 g/mol. The van der Waals surface area contributed by atoms with Crippen molar-refractivity contribution in [2.45, 2.75) is 38.4 Å². The molecule has 0 aliphatic carbocycles. The molecule has 0 fully saturated rings. The Balaban J connectivity index is 2.02. The van der Waals surface area contributed by atoms with Gasteiger partial charge in [-0.1, -0.05) is 29.3 Å². The highest BCUT2D eigenvalue weighted by atomic mass is 35.5. The first-order valence-corrected chi connectivity index (χ1v) is 8.81. The van der Waals surface area contributed by atoms with Crippen LogP contribution in [0.4, 0.5) is 0 Å². The van der Waals surface area contributed by atoms with Crippen LogP contribution in [0.15, 0.2) is 24.5 Å². The maximum atomic E-state index is 6.28. The van der Waals surface area contributed by atoms with Gasteiger partial charge in [-0.3, -0.25) is 4.98 Å². The summed E-state index contributed by atoms with van der Waals surface area (Å²) in [6, 6.07) is 3.94. The van der Waals surface area contributed by atoms with Crippen LogP contribution in [0.2, 0.25) is 10.0 Å². The number of hydrogen-bond acceptors (Lipinski definition) is 4. The third kappa shape index (κ3) is 3.57. The zero-order valence-corrected chi connectivity index (χ0v) is 16.2. The molecule has 0 saturated heterocycles. The molecular weight excluding hydrogens is 361 g/mol. The topological polar surface area (TPSA) is 40.6 Å². The van der Waals surface area contributed by atoms with Crippen molar-refractivity contribution in [2.24, 2.45) is 0 Å². The van der Waals surface area contributed by atoms with Gasteiger partial charge in [0.2, 0.25) is 0 Å². The Bertz CT molecular complexity index is 772. The molecule has 0 saturated carbocycles. The Hall–Kier alpha value is -1.49. The van der Waals surface area contributed by atoms with Crippen LogP contribution in [-0.2, 0) is 17.6 Å². The van der Waals surface area contributed by atoms with Gasteiger partial charge in [-0.25, -0.2) is 0 Å². The molecule has 0 radical (unpaired) electrons. The van der Waals surface area contributed by atoms with Gasteiger partial charge in [0.1, 0.15) is 5.60 Å². The molecule has 0 bridgehead atoms. The van der Waals surface area contributed by atoms with Gasteiger partial charge in [0.05, 0.1) is 23.3 Å². The van der Waals surface area contributed by atoms with Gasteiger partial charge in [-0.05, 0) is 31.0 Å². The number of rotatable bonds is 5. The first-order chi connectivity index (χ1) is 11.9. The van der Waals surface area contributed by atoms with E-state index in [1.165, 1.54) is 0 Å². The zero-order valence-electron chi connectivity index (χ0n) is 14.7. The van der Waals surface area contributed by atoms with Crippen LogP contribution in [0.25, 0.3) is 0 Å². The number of ether oxygens (including phenoxy) is 3. The van der Waals surface area contributed by atoms with Gasteiger partial charge in [0, 0.05) is 37.9 Å². The average Bonchev–Trinajstić information content (AvgIpc) is 2.89. The summed E-state index contributed by atoms with van der Waals surface area (Å²) >= 11 is 12.6. The fraction of sp³-hybridized carbons (Fsp3) is 0.421. The maximum Gasteiger partial charge on any atom is 0.165 e. The van der Waals surface area contributed by atoms with Crippen molar-refractivity contribution in [1.82, 2.24) is 4.98 Å². The fourth-order valence-corrected chi connectivity index (χ4v) is 3.77. The molecule has 2 heterocycles. The number of aromatic nitrogens is 1. The summed E-state index contributed by atoms with van der Waals surface area (Å²) in [5.41, 5.74) is 2.72. The summed E-state index contributed by atoms with van der Waals surface area (Å²) in [5, 5.41) is 1.08. The Labute approximate surface area is 158 Å². The van der Waals surface area contributed by atoms with Crippen molar-refractivity contribution in [2.75, 3.05) is 14.2 Å². The van der Waals surface area contributed by atoms with Gasteiger partial charge >= 0.3 is 0 Å². The molecule has 1 aromatic heterocycles. The summed E-state index contributed by atoms with van der Waals surface area (Å²) in [4.78, 5) is 4.01. The van der Waals surface area contributed by atoms with E-state index >= 15 is 0 Å². The highest BCUT2D eigenvalue weighted by Crippen LogP contribution is 2.46. The van der Waals surface area contributed by atoms with Crippen LogP contribution in [0.5, 0.6) is 11.5 Å². The van der Waals surface area contributed by atoms with Gasteiger partial charge < -0.3 is 14.2 Å². The number of pyridine rings is 1. The van der Waals surface area contributed by atoms with E-state index in [1.54, 1.807) is 26.6 Å². The molecular formula is C19H21Cl2NO3. The largest absolute Gasteiger partial charge is 0.493 e. The molecule has 2 aromatic rings. The lowest BCUT2D eigenvalue weighted by molar-refractivity contribution is 0.103. The minimum atomic E-state index is -0.282. The van der Waals surface area contributed by atoms with Crippen LogP contribution in [0, 0.1) is 0 Å². The average molecular weight is 382 g/mol. The van der Waals surface area contributed by atoms with E-state index in [9.17, 15) is 0 Å². The molecule has 0 amide bonds. The number of fused-ring (bicyclic) bond motifs is 1. The van der Waals surface area contributed by atoms with Crippen LogP contribution in [0.1, 0.15) is 36.6 Å². The normalized spacial score (nSPS) is 16.2. The van der Waals surface area contributed by atoms with Gasteiger partial charge in [0.25, 0.3) is 0 Å². The fourth-order valence-electron chi connectivity index (χ4n) is 3.26. The van der Waals surface area contributed by atoms with Crippen molar-refractivity contribution in [3.63, 3.8) is 0 Å². The third-order valence-corrected chi connectivity index (χ3v) is 5.09. The summed E-state index contributed by atoms with van der Waals surface area (Å²) in [6.45, 7) is 4.13. The summed E-state index contributed by atoms with van der Waals surface area (Å²) in [6.07, 6.45) is 4.33. The SMILES string of the molecule is COc1ccc(C(Cc2c(Cl)cncc2Cl)OC)c2c1OC(C)(C)C2. The highest BCUT2D eigenvalue weighted by Gasteiger charge is 2.36. The van der Waals surface area contributed by atoms with Gasteiger partial charge in [0.15, 0.2) is 11.5 Å². The van der Waals surface area contributed by atoms with Gasteiger partial charge in [-0.15, -0.1) is 0 Å². The predicted octanol–water partition coefficient (Wildman–Crippen LogP) is 5.04. The molecule has 4 nitrogen and oxygen atoms in total. The molecule has 1 unspecified atom stereocenters. The molecule has 1 aromatic carbocycles. The number of hydrogen-bond donors (Lipinski definition) is 0. The van der Waals surface area contributed by atoms with E-state index in [0.29, 0.717) is 16.5 Å². The lowest BCUT2D eigenvalue weighted by atomic mass is 9.92. The van der Waals surface area contributed by atoms with E-state index in [1.807, 2.05) is 12.1 Å². The molecule has 6 heteroatoms. The minimum Gasteiger partial charge on any atom is -0.493 e. The van der Waals surface area contributed by atoms with Crippen molar-refractivity contribution < 1.29 is 14.2 Å². The van der Waals surface area contributed by atoms with E-state index in [4.69, 9.17) is 37.4 Å². The Morgan fingerprint density at radius 1 is 1.20 bits per heavy atom. The predicted molar refractivity (Wildman–Crippen MR) is 99.1 cm³/mol. The molecule has 0 spiro atoms. The minimum absolute atomic E-state index is 0.199. The molecule has 1 aliphatic heterocycles. The van der Waals surface area contributed by atoms with Crippen molar-refractivity contribution >= 4 is 23.2 Å². The van der Waals surface area contributed by atoms with Crippen LogP contribution in [0.3, 0.4) is 0 Å². The smallest absolute Gasteiger partial charge is 0.165 e. The lowest BCUT2D eigenvalue weighted by Gasteiger charge is -2.20. The molecule has 3 rings (SSSR count). The molecule has 1 aliphatic rings. The first-order valence-electron chi connectivity index (χ1n) is 8.05. The molecule has 0 N–H and O–H groups in total. The lowest BCUT2D eigenvalue weighted by Crippen LogP contribution is -2.25. The van der Waals surface area contributed by atoms with E-state index in [0.717, 1.165) is 34.6 Å². The quantitative estimate of drug-likeness (QED) is 0.727.